The van der Waals surface area contributed by atoms with Crippen LogP contribution < -0.4 is 5.32 Å². The van der Waals surface area contributed by atoms with E-state index in [2.05, 4.69) is 44.3 Å². The van der Waals surface area contributed by atoms with Gasteiger partial charge in [-0.1, -0.05) is 49.4 Å². The van der Waals surface area contributed by atoms with Gasteiger partial charge in [-0.25, -0.2) is 4.39 Å². The third-order valence-corrected chi connectivity index (χ3v) is 4.07. The number of hydrogen-bond acceptors (Lipinski definition) is 2. The summed E-state index contributed by atoms with van der Waals surface area (Å²) in [4.78, 5) is 2.12. The second-order valence-corrected chi connectivity index (χ2v) is 6.29. The van der Waals surface area contributed by atoms with E-state index >= 15 is 0 Å². The summed E-state index contributed by atoms with van der Waals surface area (Å²) in [5, 5.41) is 3.29. The van der Waals surface area contributed by atoms with Gasteiger partial charge in [-0.3, -0.25) is 0 Å². The molecule has 0 saturated heterocycles. The molecule has 0 atom stereocenters. The molecule has 2 rings (SSSR count). The van der Waals surface area contributed by atoms with Crippen LogP contribution in [-0.2, 0) is 6.54 Å². The zero-order chi connectivity index (χ0) is 14.5. The van der Waals surface area contributed by atoms with Crippen molar-refractivity contribution in [3.63, 3.8) is 0 Å². The second-order valence-electron chi connectivity index (χ2n) is 5.17. The molecule has 0 aliphatic carbocycles. The van der Waals surface area contributed by atoms with Crippen LogP contribution in [0.15, 0.2) is 52.3 Å². The molecule has 106 valence electrons. The van der Waals surface area contributed by atoms with Crippen molar-refractivity contribution in [3.05, 3.63) is 59.4 Å². The van der Waals surface area contributed by atoms with E-state index in [1.165, 1.54) is 11.6 Å². The molecule has 0 saturated carbocycles. The smallest absolute Gasteiger partial charge is 0.128 e. The number of hydrogen-bond donors (Lipinski definition) is 1. The molecule has 3 heteroatoms. The van der Waals surface area contributed by atoms with E-state index in [9.17, 15) is 4.39 Å². The van der Waals surface area contributed by atoms with Crippen LogP contribution in [0.3, 0.4) is 0 Å². The van der Waals surface area contributed by atoms with E-state index in [1.807, 2.05) is 12.1 Å². The van der Waals surface area contributed by atoms with Gasteiger partial charge in [0, 0.05) is 27.9 Å². The molecule has 1 nitrogen and oxygen atoms in total. The van der Waals surface area contributed by atoms with Crippen LogP contribution in [0.25, 0.3) is 0 Å². The average Bonchev–Trinajstić information content (AvgIpc) is 2.38. The first-order valence-electron chi connectivity index (χ1n) is 6.81. The Morgan fingerprint density at radius 1 is 1.15 bits per heavy atom. The quantitative estimate of drug-likeness (QED) is 0.850. The summed E-state index contributed by atoms with van der Waals surface area (Å²) in [6.07, 6.45) is 0. The zero-order valence-electron chi connectivity index (χ0n) is 12.1. The Kier molecular flexibility index (Phi) is 5.21. The van der Waals surface area contributed by atoms with Crippen molar-refractivity contribution in [3.8, 4) is 0 Å². The Bertz CT molecular complexity index is 581. The Labute approximate surface area is 124 Å². The minimum Gasteiger partial charge on any atom is -0.310 e. The number of aryl methyl sites for hydroxylation is 1. The second kappa shape index (κ2) is 6.91. The summed E-state index contributed by atoms with van der Waals surface area (Å²) < 4.78 is 14.0. The lowest BCUT2D eigenvalue weighted by atomic mass is 10.2. The maximum Gasteiger partial charge on any atom is 0.128 e. The van der Waals surface area contributed by atoms with Crippen LogP contribution in [0.2, 0.25) is 0 Å². The fourth-order valence-corrected chi connectivity index (χ4v) is 3.00. The first kappa shape index (κ1) is 15.1. The van der Waals surface area contributed by atoms with Gasteiger partial charge in [0.2, 0.25) is 0 Å². The SMILES string of the molecule is Cc1cccc(Sc2cccc(F)c2CNC(C)C)c1. The Morgan fingerprint density at radius 2 is 1.90 bits per heavy atom. The monoisotopic (exact) mass is 289 g/mol. The number of nitrogens with one attached hydrogen (secondary N) is 1. The van der Waals surface area contributed by atoms with E-state index in [-0.39, 0.29) is 5.82 Å². The fraction of sp³-hybridized carbons (Fsp3) is 0.294. The lowest BCUT2D eigenvalue weighted by Gasteiger charge is -2.13. The summed E-state index contributed by atoms with van der Waals surface area (Å²) in [7, 11) is 0. The molecule has 0 heterocycles. The molecule has 1 N–H and O–H groups in total. The maximum atomic E-state index is 14.0. The predicted molar refractivity (Wildman–Crippen MR) is 83.7 cm³/mol. The van der Waals surface area contributed by atoms with Crippen LogP contribution in [0.1, 0.15) is 25.0 Å². The fourth-order valence-electron chi connectivity index (χ4n) is 1.92. The third kappa shape index (κ3) is 4.09. The normalized spacial score (nSPS) is 11.1. The standard InChI is InChI=1S/C17H20FNS/c1-12(2)19-11-15-16(18)8-5-9-17(15)20-14-7-4-6-13(3)10-14/h4-10,12,19H,11H2,1-3H3. The average molecular weight is 289 g/mol. The highest BCUT2D eigenvalue weighted by atomic mass is 32.2. The summed E-state index contributed by atoms with van der Waals surface area (Å²) in [6.45, 7) is 6.75. The van der Waals surface area contributed by atoms with Gasteiger partial charge in [-0.05, 0) is 31.2 Å². The van der Waals surface area contributed by atoms with Gasteiger partial charge in [0.15, 0.2) is 0 Å². The predicted octanol–water partition coefficient (Wildman–Crippen LogP) is 4.78. The van der Waals surface area contributed by atoms with Crippen LogP contribution in [0, 0.1) is 12.7 Å². The molecule has 2 aromatic carbocycles. The first-order chi connectivity index (χ1) is 9.56. The van der Waals surface area contributed by atoms with E-state index in [0.29, 0.717) is 12.6 Å². The molecule has 0 aromatic heterocycles. The molecule has 0 unspecified atom stereocenters. The molecule has 0 aliphatic rings. The van der Waals surface area contributed by atoms with Crippen molar-refractivity contribution in [2.75, 3.05) is 0 Å². The minimum absolute atomic E-state index is 0.143. The van der Waals surface area contributed by atoms with E-state index < -0.39 is 0 Å². The molecular weight excluding hydrogens is 269 g/mol. The van der Waals surface area contributed by atoms with Crippen LogP contribution >= 0.6 is 11.8 Å². The van der Waals surface area contributed by atoms with Crippen molar-refractivity contribution < 1.29 is 4.39 Å². The number of halogens is 1. The molecule has 0 spiro atoms. The maximum absolute atomic E-state index is 14.0. The van der Waals surface area contributed by atoms with Gasteiger partial charge in [0.25, 0.3) is 0 Å². The van der Waals surface area contributed by atoms with Gasteiger partial charge in [-0.15, -0.1) is 0 Å². The van der Waals surface area contributed by atoms with Gasteiger partial charge in [0.1, 0.15) is 5.82 Å². The largest absolute Gasteiger partial charge is 0.310 e. The van der Waals surface area contributed by atoms with Gasteiger partial charge in [-0.2, -0.15) is 0 Å². The molecule has 0 aliphatic heterocycles. The van der Waals surface area contributed by atoms with Crippen molar-refractivity contribution in [2.45, 2.75) is 43.1 Å². The van der Waals surface area contributed by atoms with Crippen LogP contribution in [-0.4, -0.2) is 6.04 Å². The van der Waals surface area contributed by atoms with Crippen molar-refractivity contribution in [1.29, 1.82) is 0 Å². The van der Waals surface area contributed by atoms with Gasteiger partial charge >= 0.3 is 0 Å². The first-order valence-corrected chi connectivity index (χ1v) is 7.63. The van der Waals surface area contributed by atoms with Crippen molar-refractivity contribution in [2.24, 2.45) is 0 Å². The Hall–Kier alpha value is -1.32. The van der Waals surface area contributed by atoms with Crippen LogP contribution in [0.5, 0.6) is 0 Å². The van der Waals surface area contributed by atoms with E-state index in [0.717, 1.165) is 15.4 Å². The summed E-state index contributed by atoms with van der Waals surface area (Å²) in [6, 6.07) is 13.9. The lowest BCUT2D eigenvalue weighted by Crippen LogP contribution is -2.22. The molecular formula is C17H20FNS. The Balaban J connectivity index is 2.24. The molecule has 2 aromatic rings. The summed E-state index contributed by atoms with van der Waals surface area (Å²) in [5.41, 5.74) is 1.96. The van der Waals surface area contributed by atoms with Crippen molar-refractivity contribution >= 4 is 11.8 Å². The van der Waals surface area contributed by atoms with Crippen LogP contribution in [0.4, 0.5) is 4.39 Å². The molecule has 0 amide bonds. The molecule has 0 fully saturated rings. The summed E-state index contributed by atoms with van der Waals surface area (Å²) in [5.74, 6) is -0.143. The van der Waals surface area contributed by atoms with Gasteiger partial charge < -0.3 is 5.32 Å². The van der Waals surface area contributed by atoms with Crippen molar-refractivity contribution in [1.82, 2.24) is 5.32 Å². The third-order valence-electron chi connectivity index (χ3n) is 2.98. The molecule has 0 bridgehead atoms. The molecule has 20 heavy (non-hydrogen) atoms. The Morgan fingerprint density at radius 3 is 2.60 bits per heavy atom. The highest BCUT2D eigenvalue weighted by Crippen LogP contribution is 2.32. The van der Waals surface area contributed by atoms with E-state index in [1.54, 1.807) is 17.8 Å². The van der Waals surface area contributed by atoms with E-state index in [4.69, 9.17) is 0 Å². The highest BCUT2D eigenvalue weighted by Gasteiger charge is 2.10. The number of benzene rings is 2. The topological polar surface area (TPSA) is 12.0 Å². The number of rotatable bonds is 5. The minimum atomic E-state index is -0.143. The molecule has 0 radical (unpaired) electrons. The summed E-state index contributed by atoms with van der Waals surface area (Å²) >= 11 is 1.61. The van der Waals surface area contributed by atoms with Gasteiger partial charge in [0.05, 0.1) is 0 Å². The highest BCUT2D eigenvalue weighted by molar-refractivity contribution is 7.99. The zero-order valence-corrected chi connectivity index (χ0v) is 12.9. The lowest BCUT2D eigenvalue weighted by molar-refractivity contribution is 0.546.